The van der Waals surface area contributed by atoms with Gasteiger partial charge in [0.1, 0.15) is 11.9 Å². The molecule has 0 radical (unpaired) electrons. The fraction of sp³-hybridized carbons (Fsp3) is 0.667. The Morgan fingerprint density at radius 1 is 1.71 bits per heavy atom. The molecule has 1 aliphatic heterocycles. The van der Waals surface area contributed by atoms with E-state index in [4.69, 9.17) is 20.6 Å². The Kier molecular flexibility index (Phi) is 3.49. The number of hydrogen-bond donors (Lipinski definition) is 3. The van der Waals surface area contributed by atoms with Gasteiger partial charge in [0.15, 0.2) is 5.79 Å². The molecule has 0 aromatic rings. The van der Waals surface area contributed by atoms with Gasteiger partial charge < -0.3 is 20.5 Å². The van der Waals surface area contributed by atoms with Crippen molar-refractivity contribution in [3.8, 4) is 0 Å². The maximum atomic E-state index is 6.94. The Balaban J connectivity index is 2.18. The molecule has 1 unspecified atom stereocenters. The van der Waals surface area contributed by atoms with Crippen molar-refractivity contribution in [2.45, 2.75) is 25.7 Å². The van der Waals surface area contributed by atoms with E-state index in [0.29, 0.717) is 13.2 Å². The van der Waals surface area contributed by atoms with Crippen LogP contribution >= 0.6 is 0 Å². The molecular formula is C9H17N3O2. The summed E-state index contributed by atoms with van der Waals surface area (Å²) in [5.74, 6) is -0.446. The van der Waals surface area contributed by atoms with Crippen LogP contribution in [0.2, 0.25) is 0 Å². The van der Waals surface area contributed by atoms with Gasteiger partial charge >= 0.3 is 0 Å². The van der Waals surface area contributed by atoms with Crippen molar-refractivity contribution in [2.75, 3.05) is 13.2 Å². The van der Waals surface area contributed by atoms with E-state index in [1.54, 1.807) is 6.20 Å². The topological polar surface area (TPSA) is 80.4 Å². The van der Waals surface area contributed by atoms with Crippen molar-refractivity contribution in [2.24, 2.45) is 5.73 Å². The third kappa shape index (κ3) is 3.76. The van der Waals surface area contributed by atoms with Crippen molar-refractivity contribution in [1.29, 1.82) is 5.41 Å². The molecule has 0 aromatic carbocycles. The quantitative estimate of drug-likeness (QED) is 0.445. The van der Waals surface area contributed by atoms with Gasteiger partial charge in [0, 0.05) is 12.7 Å². The predicted octanol–water partition coefficient (Wildman–Crippen LogP) is 0.177. The lowest BCUT2D eigenvalue weighted by molar-refractivity contribution is -0.137. The summed E-state index contributed by atoms with van der Waals surface area (Å²) in [4.78, 5) is 0. The van der Waals surface area contributed by atoms with Gasteiger partial charge in [-0.15, -0.1) is 0 Å². The fourth-order valence-electron chi connectivity index (χ4n) is 1.21. The summed E-state index contributed by atoms with van der Waals surface area (Å²) in [7, 11) is 0. The van der Waals surface area contributed by atoms with E-state index >= 15 is 0 Å². The molecule has 1 heterocycles. The summed E-state index contributed by atoms with van der Waals surface area (Å²) in [6.45, 7) is 5.03. The van der Waals surface area contributed by atoms with Crippen LogP contribution in [0.5, 0.6) is 0 Å². The average Bonchev–Trinajstić information content (AvgIpc) is 2.39. The molecule has 1 fully saturated rings. The first-order chi connectivity index (χ1) is 6.49. The van der Waals surface area contributed by atoms with E-state index in [2.05, 4.69) is 5.32 Å². The third-order valence-electron chi connectivity index (χ3n) is 1.79. The molecule has 0 spiro atoms. The normalized spacial score (nSPS) is 25.4. The lowest BCUT2D eigenvalue weighted by atomic mass is 10.4. The molecular weight excluding hydrogens is 182 g/mol. The van der Waals surface area contributed by atoms with Gasteiger partial charge in [-0.2, -0.15) is 0 Å². The highest BCUT2D eigenvalue weighted by Gasteiger charge is 2.31. The van der Waals surface area contributed by atoms with Crippen molar-refractivity contribution < 1.29 is 9.47 Å². The van der Waals surface area contributed by atoms with Crippen LogP contribution in [0.15, 0.2) is 12.3 Å². The third-order valence-corrected chi connectivity index (χ3v) is 1.79. The Bertz CT molecular complexity index is 238. The second kappa shape index (κ2) is 4.43. The Morgan fingerprint density at radius 2 is 2.43 bits per heavy atom. The van der Waals surface area contributed by atoms with Crippen LogP contribution in [0.25, 0.3) is 0 Å². The van der Waals surface area contributed by atoms with Gasteiger partial charge in [-0.25, -0.2) is 0 Å². The Hall–Kier alpha value is -1.07. The fourth-order valence-corrected chi connectivity index (χ4v) is 1.21. The Labute approximate surface area is 83.8 Å². The highest BCUT2D eigenvalue weighted by molar-refractivity contribution is 5.88. The highest BCUT2D eigenvalue weighted by atomic mass is 16.7. The van der Waals surface area contributed by atoms with Crippen molar-refractivity contribution in [3.05, 3.63) is 12.3 Å². The average molecular weight is 199 g/mol. The van der Waals surface area contributed by atoms with Crippen molar-refractivity contribution in [1.82, 2.24) is 5.32 Å². The van der Waals surface area contributed by atoms with E-state index in [9.17, 15) is 0 Å². The SMILES string of the molecule is CC1(C)OCC(CNC=CC(=N)N)O1. The van der Waals surface area contributed by atoms with E-state index in [1.165, 1.54) is 6.08 Å². The zero-order valence-corrected chi connectivity index (χ0v) is 8.54. The van der Waals surface area contributed by atoms with Gasteiger partial charge in [-0.1, -0.05) is 0 Å². The van der Waals surface area contributed by atoms with E-state index in [1.807, 2.05) is 13.8 Å². The summed E-state index contributed by atoms with van der Waals surface area (Å²) >= 11 is 0. The van der Waals surface area contributed by atoms with Gasteiger partial charge in [0.2, 0.25) is 0 Å². The molecule has 5 nitrogen and oxygen atoms in total. The largest absolute Gasteiger partial charge is 0.388 e. The van der Waals surface area contributed by atoms with Crippen molar-refractivity contribution >= 4 is 5.84 Å². The van der Waals surface area contributed by atoms with Crippen molar-refractivity contribution in [3.63, 3.8) is 0 Å². The second-order valence-corrected chi connectivity index (χ2v) is 3.65. The molecule has 0 aromatic heterocycles. The second-order valence-electron chi connectivity index (χ2n) is 3.65. The minimum Gasteiger partial charge on any atom is -0.388 e. The summed E-state index contributed by atoms with van der Waals surface area (Å²) in [6.07, 6.45) is 3.18. The van der Waals surface area contributed by atoms with E-state index in [0.717, 1.165) is 0 Å². The van der Waals surface area contributed by atoms with Crippen LogP contribution in [0.1, 0.15) is 13.8 Å². The van der Waals surface area contributed by atoms with Crippen LogP contribution in [0.3, 0.4) is 0 Å². The molecule has 0 bridgehead atoms. The Morgan fingerprint density at radius 3 is 2.93 bits per heavy atom. The number of amidine groups is 1. The molecule has 1 atom stereocenters. The van der Waals surface area contributed by atoms with Crippen LogP contribution in [0.4, 0.5) is 0 Å². The van der Waals surface area contributed by atoms with Crippen LogP contribution in [0, 0.1) is 5.41 Å². The number of nitrogens with one attached hydrogen (secondary N) is 2. The predicted molar refractivity (Wildman–Crippen MR) is 54.0 cm³/mol. The zero-order valence-electron chi connectivity index (χ0n) is 8.54. The molecule has 14 heavy (non-hydrogen) atoms. The summed E-state index contributed by atoms with van der Waals surface area (Å²) < 4.78 is 10.9. The number of ether oxygens (including phenoxy) is 2. The standard InChI is InChI=1S/C9H17N3O2/c1-9(2)13-6-7(14-9)5-12-4-3-8(10)11/h3-4,7,12H,5-6H2,1-2H3,(H3,10,11). The van der Waals surface area contributed by atoms with Gasteiger partial charge in [0.25, 0.3) is 0 Å². The molecule has 80 valence electrons. The van der Waals surface area contributed by atoms with E-state index < -0.39 is 5.79 Å². The van der Waals surface area contributed by atoms with Gasteiger partial charge in [-0.05, 0) is 19.9 Å². The molecule has 0 amide bonds. The number of rotatable bonds is 4. The molecule has 0 saturated carbocycles. The molecule has 4 N–H and O–H groups in total. The maximum Gasteiger partial charge on any atom is 0.163 e. The summed E-state index contributed by atoms with van der Waals surface area (Å²) in [6, 6.07) is 0. The first-order valence-electron chi connectivity index (χ1n) is 4.55. The molecule has 1 saturated heterocycles. The lowest BCUT2D eigenvalue weighted by Crippen LogP contribution is -2.28. The van der Waals surface area contributed by atoms with Crippen LogP contribution in [-0.4, -0.2) is 30.9 Å². The molecule has 1 rings (SSSR count). The molecule has 5 heteroatoms. The van der Waals surface area contributed by atoms with Gasteiger partial charge in [-0.3, -0.25) is 5.41 Å². The summed E-state index contributed by atoms with van der Waals surface area (Å²) in [5.41, 5.74) is 5.13. The lowest BCUT2D eigenvalue weighted by Gasteiger charge is -2.16. The first kappa shape index (κ1) is 11.0. The van der Waals surface area contributed by atoms with Crippen LogP contribution in [-0.2, 0) is 9.47 Å². The first-order valence-corrected chi connectivity index (χ1v) is 4.55. The number of nitrogens with two attached hydrogens (primary N) is 1. The number of hydrogen-bond acceptors (Lipinski definition) is 4. The van der Waals surface area contributed by atoms with Crippen LogP contribution < -0.4 is 11.1 Å². The molecule has 0 aliphatic carbocycles. The van der Waals surface area contributed by atoms with Gasteiger partial charge in [0.05, 0.1) is 6.61 Å². The minimum absolute atomic E-state index is 0.0291. The highest BCUT2D eigenvalue weighted by Crippen LogP contribution is 2.21. The van der Waals surface area contributed by atoms with E-state index in [-0.39, 0.29) is 11.9 Å². The molecule has 1 aliphatic rings. The monoisotopic (exact) mass is 199 g/mol. The summed E-state index contributed by atoms with van der Waals surface area (Å²) in [5, 5.41) is 9.93. The minimum atomic E-state index is -0.476. The maximum absolute atomic E-state index is 6.94. The zero-order chi connectivity index (χ0) is 10.6. The smallest absolute Gasteiger partial charge is 0.163 e.